The molecule has 3 N–H and O–H groups in total. The maximum absolute atomic E-state index is 12.6. The first-order valence-corrected chi connectivity index (χ1v) is 32.7. The van der Waals surface area contributed by atoms with Crippen molar-refractivity contribution in [2.24, 2.45) is 91.7 Å². The molecule has 1 saturated heterocycles. The summed E-state index contributed by atoms with van der Waals surface area (Å²) < 4.78 is 41.3. The van der Waals surface area contributed by atoms with Crippen molar-refractivity contribution < 1.29 is 77.2 Å². The minimum atomic E-state index is -0.528. The molecule has 10 aliphatic rings. The van der Waals surface area contributed by atoms with Gasteiger partial charge in [-0.2, -0.15) is 0 Å². The van der Waals surface area contributed by atoms with E-state index in [1.165, 1.54) is 40.2 Å². The number of rotatable bonds is 11. The summed E-state index contributed by atoms with van der Waals surface area (Å²) in [6.45, 7) is 29.4. The minimum Gasteiger partial charge on any atom is -0.466 e. The quantitative estimate of drug-likeness (QED) is 0.0993. The summed E-state index contributed by atoms with van der Waals surface area (Å²) in [4.78, 5) is 71.6. The summed E-state index contributed by atoms with van der Waals surface area (Å²) in [5, 5.41) is 30.3. The van der Waals surface area contributed by atoms with Crippen LogP contribution >= 0.6 is 0 Å². The van der Waals surface area contributed by atoms with Crippen LogP contribution in [-0.2, 0) is 61.9 Å². The first-order valence-electron chi connectivity index (χ1n) is 32.7. The van der Waals surface area contributed by atoms with E-state index >= 15 is 0 Å². The van der Waals surface area contributed by atoms with Gasteiger partial charge in [0.1, 0.15) is 24.1 Å². The number of carbonyl (C=O) groups is 6. The van der Waals surface area contributed by atoms with E-state index in [0.29, 0.717) is 57.3 Å². The Balaban J connectivity index is 0.000000165. The van der Waals surface area contributed by atoms with Gasteiger partial charge in [-0.25, -0.2) is 0 Å². The van der Waals surface area contributed by atoms with Gasteiger partial charge in [-0.3, -0.25) is 28.8 Å². The number of ketones is 1. The first kappa shape index (κ1) is 66.5. The Morgan fingerprint density at radius 2 is 0.917 bits per heavy atom. The molecule has 0 aromatic heterocycles. The SMILES string of the molecule is C=C1CCC2[C@H](OC(C)=O)C([C@@]3(C)CC[C@H](O)C[C@@H]3CO)CC[C@]12C.CC(=O)OC[C@H]1C[C@H](C)CC[C@]1(C)C1CC[C@@]2(C)C(CCC23OCCO3)[C@@H]1OC(C)=O.CC(=O)OC[C@H]1C[C@H](O)CC[C@]1(C)C1CC[C@]2(C)C(=O)CCC2[C@@H]1OC(C)=O. The number of carbonyl (C=O) groups excluding carboxylic acids is 6. The van der Waals surface area contributed by atoms with Gasteiger partial charge in [0.05, 0.1) is 38.6 Å². The largest absolute Gasteiger partial charge is 0.466 e. The number of aliphatic hydroxyl groups excluding tert-OH is 3. The molecule has 6 unspecified atom stereocenters. The lowest BCUT2D eigenvalue weighted by atomic mass is 9.51. The second kappa shape index (κ2) is 25.9. The fourth-order valence-corrected chi connectivity index (χ4v) is 20.1. The molecule has 0 amide bonds. The van der Waals surface area contributed by atoms with Crippen molar-refractivity contribution in [2.45, 2.75) is 254 Å². The maximum atomic E-state index is 12.6. The molecule has 1 aliphatic heterocycles. The van der Waals surface area contributed by atoms with Gasteiger partial charge in [0.15, 0.2) is 5.79 Å². The van der Waals surface area contributed by atoms with Gasteiger partial charge in [0.2, 0.25) is 0 Å². The number of aliphatic hydroxyl groups is 3. The van der Waals surface area contributed by atoms with E-state index in [0.717, 1.165) is 109 Å². The summed E-state index contributed by atoms with van der Waals surface area (Å²) >= 11 is 0. The van der Waals surface area contributed by atoms with Crippen LogP contribution in [0.3, 0.4) is 0 Å². The summed E-state index contributed by atoms with van der Waals surface area (Å²) in [5.74, 6) is 0.614. The topological polar surface area (TPSA) is 228 Å². The molecule has 9 saturated carbocycles. The van der Waals surface area contributed by atoms with E-state index in [2.05, 4.69) is 48.1 Å². The number of hydrogen-bond donors (Lipinski definition) is 3. The predicted octanol–water partition coefficient (Wildman–Crippen LogP) is 11.0. The van der Waals surface area contributed by atoms with Crippen LogP contribution < -0.4 is 0 Å². The van der Waals surface area contributed by atoms with Crippen molar-refractivity contribution in [1.29, 1.82) is 0 Å². The number of hydrogen-bond acceptors (Lipinski definition) is 16. The standard InChI is InChI=1S/C25H40O6.C22H34O6.C21H34O4/c1-16-6-9-23(4,19(14-16)15-28-17(2)26)20-7-10-24(5)21(22(20)31-18(3)27)8-11-25(24)29-12-13-30-25;1-13(23)27-12-15-11-16(25)7-9-21(15,3)18-8-10-22(4)17(5-6-19(22)26)20(18)28-14(2)24;1-13-5-6-17-19(25-14(2)23)18(8-10-20(13,17)3)21(4)9-7-16(24)11-15(21)12-22/h16,19-22H,6-15H2,1-5H3;15-18,20,25H,5-12H2,1-4H3;15-19,22,24H,1,5-12H2,2-4H3/t16-,19-,20?,21?,22-,23+,24+;15-,16-,17?,18?,20+,21+,22+;15-,16+,17?,18?,19+,20-,21+/m111/s1. The van der Waals surface area contributed by atoms with Crippen molar-refractivity contribution in [1.82, 2.24) is 0 Å². The first-order chi connectivity index (χ1) is 39.4. The van der Waals surface area contributed by atoms with E-state index in [1.807, 2.05) is 6.92 Å². The van der Waals surface area contributed by atoms with Gasteiger partial charge in [-0.1, -0.05) is 67.0 Å². The molecule has 476 valence electrons. The van der Waals surface area contributed by atoms with Crippen LogP contribution in [0, 0.1) is 91.7 Å². The van der Waals surface area contributed by atoms with Gasteiger partial charge in [0.25, 0.3) is 0 Å². The highest BCUT2D eigenvalue weighted by Crippen LogP contribution is 2.67. The van der Waals surface area contributed by atoms with E-state index < -0.39 is 17.3 Å². The monoisotopic (exact) mass is 1180 g/mol. The van der Waals surface area contributed by atoms with E-state index in [9.17, 15) is 44.1 Å². The van der Waals surface area contributed by atoms with E-state index in [-0.39, 0.29) is 148 Å². The molecule has 10 fully saturated rings. The second-order valence-electron chi connectivity index (χ2n) is 30.0. The number of Topliss-reactive ketones (excluding diaryl/α,β-unsaturated/α-hetero) is 1. The number of fused-ring (bicyclic) bond motifs is 4. The Morgan fingerprint density at radius 1 is 0.500 bits per heavy atom. The molecule has 0 bridgehead atoms. The molecule has 1 heterocycles. The van der Waals surface area contributed by atoms with Gasteiger partial charge < -0.3 is 48.5 Å². The molecular weight excluding hydrogens is 1070 g/mol. The van der Waals surface area contributed by atoms with Crippen LogP contribution in [0.25, 0.3) is 0 Å². The average Bonchev–Trinajstić information content (AvgIpc) is 2.28. The van der Waals surface area contributed by atoms with E-state index in [1.54, 1.807) is 0 Å². The summed E-state index contributed by atoms with van der Waals surface area (Å²) in [6, 6.07) is 0. The van der Waals surface area contributed by atoms with Crippen molar-refractivity contribution in [3.63, 3.8) is 0 Å². The summed E-state index contributed by atoms with van der Waals surface area (Å²) in [5.41, 5.74) is 0.459. The zero-order valence-electron chi connectivity index (χ0n) is 53.4. The normalized spacial score (nSPS) is 44.8. The van der Waals surface area contributed by atoms with Crippen LogP contribution in [-0.4, -0.2) is 120 Å². The highest BCUT2D eigenvalue weighted by atomic mass is 16.7. The Morgan fingerprint density at radius 3 is 1.42 bits per heavy atom. The molecule has 16 nitrogen and oxygen atoms in total. The number of ether oxygens (including phenoxy) is 7. The van der Waals surface area contributed by atoms with Crippen molar-refractivity contribution >= 4 is 35.6 Å². The van der Waals surface area contributed by atoms with Crippen LogP contribution in [0.2, 0.25) is 0 Å². The Kier molecular flexibility index (Phi) is 20.5. The van der Waals surface area contributed by atoms with Crippen LogP contribution in [0.15, 0.2) is 12.2 Å². The van der Waals surface area contributed by atoms with Gasteiger partial charge in [-0.15, -0.1) is 0 Å². The van der Waals surface area contributed by atoms with Crippen LogP contribution in [0.5, 0.6) is 0 Å². The fourth-order valence-electron chi connectivity index (χ4n) is 20.1. The number of esters is 5. The molecule has 1 spiro atoms. The fraction of sp³-hybridized carbons (Fsp3) is 0.882. The second-order valence-corrected chi connectivity index (χ2v) is 30.0. The molecular formula is C68H108O16. The summed E-state index contributed by atoms with van der Waals surface area (Å²) in [7, 11) is 0. The van der Waals surface area contributed by atoms with Gasteiger partial charge in [0, 0.05) is 106 Å². The lowest BCUT2D eigenvalue weighted by molar-refractivity contribution is -0.253. The average molecular weight is 1180 g/mol. The van der Waals surface area contributed by atoms with Crippen LogP contribution in [0.1, 0.15) is 218 Å². The molecule has 0 aromatic rings. The Labute approximate surface area is 502 Å². The zero-order valence-corrected chi connectivity index (χ0v) is 53.4. The third kappa shape index (κ3) is 12.7. The lowest BCUT2D eigenvalue weighted by Crippen LogP contribution is -2.58. The highest BCUT2D eigenvalue weighted by Gasteiger charge is 2.68. The Bertz CT molecular complexity index is 2400. The van der Waals surface area contributed by atoms with Crippen molar-refractivity contribution in [3.8, 4) is 0 Å². The number of allylic oxidation sites excluding steroid dienone is 1. The van der Waals surface area contributed by atoms with Crippen molar-refractivity contribution in [2.75, 3.05) is 33.0 Å². The third-order valence-corrected chi connectivity index (χ3v) is 25.5. The summed E-state index contributed by atoms with van der Waals surface area (Å²) in [6.07, 6.45) is 17.2. The molecule has 84 heavy (non-hydrogen) atoms. The Hall–Kier alpha value is -3.44. The molecule has 10 rings (SSSR count). The minimum absolute atomic E-state index is 0.00432. The molecule has 9 aliphatic carbocycles. The molecule has 0 aromatic carbocycles. The smallest absolute Gasteiger partial charge is 0.302 e. The van der Waals surface area contributed by atoms with Crippen LogP contribution in [0.4, 0.5) is 0 Å². The van der Waals surface area contributed by atoms with Gasteiger partial charge in [-0.05, 0) is 155 Å². The predicted molar refractivity (Wildman–Crippen MR) is 314 cm³/mol. The van der Waals surface area contributed by atoms with Gasteiger partial charge >= 0.3 is 29.8 Å². The molecule has 0 radical (unpaired) electrons. The zero-order chi connectivity index (χ0) is 61.5. The third-order valence-electron chi connectivity index (χ3n) is 25.5. The maximum Gasteiger partial charge on any atom is 0.302 e. The molecule has 16 heteroatoms. The highest BCUT2D eigenvalue weighted by molar-refractivity contribution is 5.87. The lowest BCUT2D eigenvalue weighted by Gasteiger charge is -2.57. The van der Waals surface area contributed by atoms with Crippen molar-refractivity contribution in [3.05, 3.63) is 12.2 Å². The van der Waals surface area contributed by atoms with E-state index in [4.69, 9.17) is 33.2 Å². The molecule has 21 atom stereocenters.